The molecular weight excluding hydrogens is 644 g/mol. The second-order valence-corrected chi connectivity index (χ2v) is 12.4. The molecule has 0 bridgehead atoms. The number of ether oxygens (including phenoxy) is 7. The van der Waals surface area contributed by atoms with Gasteiger partial charge < -0.3 is 79.1 Å². The first-order valence-electron chi connectivity index (χ1n) is 15.3. The fourth-order valence-electron chi connectivity index (χ4n) is 6.38. The second-order valence-electron chi connectivity index (χ2n) is 12.4. The van der Waals surface area contributed by atoms with Gasteiger partial charge in [-0.05, 0) is 36.8 Å². The summed E-state index contributed by atoms with van der Waals surface area (Å²) in [4.78, 5) is 12.5. The van der Waals surface area contributed by atoms with Crippen LogP contribution >= 0.6 is 0 Å². The summed E-state index contributed by atoms with van der Waals surface area (Å²) in [6.45, 7) is -0.0368. The third kappa shape index (κ3) is 7.24. The highest BCUT2D eigenvalue weighted by Crippen LogP contribution is 2.49. The minimum atomic E-state index is -2.00. The van der Waals surface area contributed by atoms with Gasteiger partial charge in [-0.2, -0.15) is 0 Å². The van der Waals surface area contributed by atoms with E-state index in [1.807, 2.05) is 0 Å². The molecule has 3 heterocycles. The number of esters is 1. The zero-order valence-corrected chi connectivity index (χ0v) is 26.0. The maximum absolute atomic E-state index is 12.5. The monoisotopic (exact) mass is 686 g/mol. The summed E-state index contributed by atoms with van der Waals surface area (Å²) >= 11 is 0. The van der Waals surface area contributed by atoms with Crippen LogP contribution in [0.5, 0.6) is 5.75 Å². The standard InChI is InChI=1S/C31H42O17/c1-30(40)11-18(33)31(41)9-10-43-29(26(30)31)48-28-25(47-27-24(39)22(37)20(35)16(12-32)45-27)23(38)21(36)17(46-28)13-44-19(34)8-5-14-3-6-15(42-2)7-4-14/h3-10,16-18,20-29,32-33,35-41H,11-13H2,1-2H3/b8-5+/t16-,17-,18+,20-,21-,22+,23+,24-,25-,26+,27+,28+,29-,30-,31+/m1/s1. The van der Waals surface area contributed by atoms with Gasteiger partial charge in [-0.25, -0.2) is 4.79 Å². The normalized spacial score (nSPS) is 44.3. The Labute approximate surface area is 274 Å². The predicted molar refractivity (Wildman–Crippen MR) is 157 cm³/mol. The molecule has 17 nitrogen and oxygen atoms in total. The van der Waals surface area contributed by atoms with Crippen molar-refractivity contribution in [2.75, 3.05) is 20.3 Å². The van der Waals surface area contributed by atoms with Crippen molar-refractivity contribution in [3.8, 4) is 5.75 Å². The van der Waals surface area contributed by atoms with Gasteiger partial charge in [0, 0.05) is 12.5 Å². The van der Waals surface area contributed by atoms with Crippen LogP contribution < -0.4 is 4.74 Å². The van der Waals surface area contributed by atoms with E-state index in [-0.39, 0.29) is 6.42 Å². The fraction of sp³-hybridized carbons (Fsp3) is 0.645. The van der Waals surface area contributed by atoms with Crippen molar-refractivity contribution in [3.63, 3.8) is 0 Å². The predicted octanol–water partition coefficient (Wildman–Crippen LogP) is -3.37. The van der Waals surface area contributed by atoms with Crippen LogP contribution in [0.1, 0.15) is 18.9 Å². The SMILES string of the molecule is COc1ccc(/C=C/C(=O)OC[C@H]2O[C@@H](O[C@H]3OC=C[C@@]4(O)[C@@H]3[C@](C)(O)C[C@@H]4O)[C@H](O[C@@H]3O[C@H](CO)[C@@H](O)[C@H](O)[C@H]3O)[C@@H](O)[C@@H]2O)cc1. The van der Waals surface area contributed by atoms with Crippen LogP contribution in [0.25, 0.3) is 6.08 Å². The Bertz CT molecular complexity index is 1300. The summed E-state index contributed by atoms with van der Waals surface area (Å²) in [7, 11) is 1.52. The molecule has 5 rings (SSSR count). The van der Waals surface area contributed by atoms with Crippen LogP contribution in [0.2, 0.25) is 0 Å². The molecule has 3 fully saturated rings. The van der Waals surface area contributed by atoms with E-state index in [0.717, 1.165) is 18.4 Å². The average molecular weight is 687 g/mol. The van der Waals surface area contributed by atoms with E-state index in [9.17, 15) is 50.8 Å². The zero-order valence-electron chi connectivity index (χ0n) is 26.0. The van der Waals surface area contributed by atoms with Crippen molar-refractivity contribution in [1.82, 2.24) is 0 Å². The Morgan fingerprint density at radius 3 is 2.23 bits per heavy atom. The van der Waals surface area contributed by atoms with Crippen LogP contribution in [-0.2, 0) is 33.2 Å². The Balaban J connectivity index is 1.35. The minimum absolute atomic E-state index is 0.262. The number of hydrogen-bond donors (Lipinski definition) is 9. The zero-order chi connectivity index (χ0) is 35.0. The Kier molecular flexibility index (Phi) is 11.1. The molecule has 1 aromatic rings. The Morgan fingerprint density at radius 1 is 0.896 bits per heavy atom. The molecule has 1 aliphatic carbocycles. The van der Waals surface area contributed by atoms with Crippen LogP contribution in [0, 0.1) is 5.92 Å². The van der Waals surface area contributed by atoms with Crippen LogP contribution in [0.15, 0.2) is 42.7 Å². The number of carbonyl (C=O) groups excluding carboxylic acids is 1. The molecule has 0 amide bonds. The van der Waals surface area contributed by atoms with Crippen molar-refractivity contribution < 1.29 is 83.9 Å². The number of fused-ring (bicyclic) bond motifs is 1. The molecule has 48 heavy (non-hydrogen) atoms. The summed E-state index contributed by atoms with van der Waals surface area (Å²) < 4.78 is 38.9. The largest absolute Gasteiger partial charge is 0.497 e. The molecule has 0 spiro atoms. The van der Waals surface area contributed by atoms with E-state index in [4.69, 9.17) is 33.2 Å². The smallest absolute Gasteiger partial charge is 0.330 e. The third-order valence-corrected chi connectivity index (χ3v) is 9.10. The maximum atomic E-state index is 12.5. The van der Waals surface area contributed by atoms with E-state index >= 15 is 0 Å². The molecule has 0 aromatic heterocycles. The molecule has 17 heteroatoms. The molecule has 0 radical (unpaired) electrons. The van der Waals surface area contributed by atoms with Gasteiger partial charge in [0.1, 0.15) is 66.8 Å². The first-order chi connectivity index (χ1) is 22.7. The highest BCUT2D eigenvalue weighted by atomic mass is 16.8. The molecule has 9 N–H and O–H groups in total. The van der Waals surface area contributed by atoms with Crippen molar-refractivity contribution in [3.05, 3.63) is 48.2 Å². The number of hydrogen-bond acceptors (Lipinski definition) is 17. The summed E-state index contributed by atoms with van der Waals surface area (Å²) in [6.07, 6.45) is -15.8. The lowest BCUT2D eigenvalue weighted by Gasteiger charge is -2.48. The lowest BCUT2D eigenvalue weighted by molar-refractivity contribution is -0.388. The summed E-state index contributed by atoms with van der Waals surface area (Å²) in [5.74, 6) is -1.52. The van der Waals surface area contributed by atoms with Crippen LogP contribution in [0.4, 0.5) is 0 Å². The van der Waals surface area contributed by atoms with Crippen molar-refractivity contribution in [2.24, 2.45) is 5.92 Å². The molecule has 4 aliphatic rings. The van der Waals surface area contributed by atoms with Gasteiger partial charge in [-0.3, -0.25) is 0 Å². The van der Waals surface area contributed by atoms with E-state index < -0.39 is 110 Å². The molecule has 0 unspecified atom stereocenters. The van der Waals surface area contributed by atoms with Crippen molar-refractivity contribution in [2.45, 2.75) is 98.4 Å². The van der Waals surface area contributed by atoms with Crippen molar-refractivity contribution in [1.29, 1.82) is 0 Å². The van der Waals surface area contributed by atoms with Gasteiger partial charge in [-0.1, -0.05) is 12.1 Å². The molecular formula is C31H42O17. The molecule has 268 valence electrons. The van der Waals surface area contributed by atoms with E-state index in [0.29, 0.717) is 11.3 Å². The first-order valence-corrected chi connectivity index (χ1v) is 15.3. The van der Waals surface area contributed by atoms with E-state index in [2.05, 4.69) is 0 Å². The molecule has 2 saturated heterocycles. The summed E-state index contributed by atoms with van der Waals surface area (Å²) in [5, 5.41) is 95.6. The quantitative estimate of drug-likeness (QED) is 0.0859. The number of aliphatic hydroxyl groups is 9. The second kappa shape index (κ2) is 14.6. The van der Waals surface area contributed by atoms with Crippen LogP contribution in [0.3, 0.4) is 0 Å². The molecule has 3 aliphatic heterocycles. The number of aliphatic hydroxyl groups excluding tert-OH is 7. The lowest BCUT2D eigenvalue weighted by atomic mass is 9.81. The fourth-order valence-corrected chi connectivity index (χ4v) is 6.38. The number of benzene rings is 1. The molecule has 15 atom stereocenters. The molecule has 1 aromatic carbocycles. The summed E-state index contributed by atoms with van der Waals surface area (Å²) in [5.41, 5.74) is -3.08. The Morgan fingerprint density at radius 2 is 1.56 bits per heavy atom. The Hall–Kier alpha value is -2.75. The highest BCUT2D eigenvalue weighted by molar-refractivity contribution is 5.87. The van der Waals surface area contributed by atoms with Gasteiger partial charge in [-0.15, -0.1) is 0 Å². The minimum Gasteiger partial charge on any atom is -0.497 e. The summed E-state index contributed by atoms with van der Waals surface area (Å²) in [6, 6.07) is 6.79. The van der Waals surface area contributed by atoms with Crippen LogP contribution in [-0.4, -0.2) is 157 Å². The topological polar surface area (TPSA) is 264 Å². The maximum Gasteiger partial charge on any atom is 0.330 e. The lowest BCUT2D eigenvalue weighted by Crippen LogP contribution is -2.65. The number of rotatable bonds is 10. The average Bonchev–Trinajstić information content (AvgIpc) is 3.25. The first kappa shape index (κ1) is 36.5. The number of carbonyl (C=O) groups is 1. The van der Waals surface area contributed by atoms with E-state index in [1.165, 1.54) is 20.1 Å². The number of methoxy groups -OCH3 is 1. The van der Waals surface area contributed by atoms with Crippen molar-refractivity contribution >= 4 is 12.0 Å². The third-order valence-electron chi connectivity index (χ3n) is 9.10. The van der Waals surface area contributed by atoms with Gasteiger partial charge >= 0.3 is 5.97 Å². The van der Waals surface area contributed by atoms with Gasteiger partial charge in [0.25, 0.3) is 0 Å². The van der Waals surface area contributed by atoms with Gasteiger partial charge in [0.05, 0.1) is 37.6 Å². The van der Waals surface area contributed by atoms with Gasteiger partial charge in [0.15, 0.2) is 12.6 Å². The molecule has 1 saturated carbocycles. The highest BCUT2D eigenvalue weighted by Gasteiger charge is 2.64. The van der Waals surface area contributed by atoms with E-state index in [1.54, 1.807) is 24.3 Å². The van der Waals surface area contributed by atoms with Gasteiger partial charge in [0.2, 0.25) is 6.29 Å².